The lowest BCUT2D eigenvalue weighted by atomic mass is 9.81. The van der Waals surface area contributed by atoms with Crippen molar-refractivity contribution in [3.8, 4) is 17.0 Å². The molecule has 6 nitrogen and oxygen atoms in total. The molecule has 7 heteroatoms. The van der Waals surface area contributed by atoms with E-state index in [1.807, 2.05) is 24.3 Å². The second kappa shape index (κ2) is 10.2. The van der Waals surface area contributed by atoms with Crippen molar-refractivity contribution in [2.75, 3.05) is 33.8 Å². The van der Waals surface area contributed by atoms with Crippen molar-refractivity contribution in [1.82, 2.24) is 14.8 Å². The molecule has 2 aliphatic rings. The molecule has 1 aliphatic carbocycles. The van der Waals surface area contributed by atoms with E-state index < -0.39 is 5.97 Å². The molecule has 1 saturated carbocycles. The van der Waals surface area contributed by atoms with Crippen LogP contribution in [0, 0.1) is 0 Å². The van der Waals surface area contributed by atoms with Gasteiger partial charge in [0.05, 0.1) is 17.3 Å². The van der Waals surface area contributed by atoms with Crippen LogP contribution >= 0.6 is 11.6 Å². The Balaban J connectivity index is 1.72. The van der Waals surface area contributed by atoms with Crippen molar-refractivity contribution < 1.29 is 14.6 Å². The monoisotopic (exact) mass is 495 g/mol. The van der Waals surface area contributed by atoms with E-state index >= 15 is 0 Å². The number of carboxylic acids is 1. The van der Waals surface area contributed by atoms with Crippen molar-refractivity contribution in [3.05, 3.63) is 52.5 Å². The number of nitrogens with one attached hydrogen (secondary N) is 1. The standard InChI is InChI=1S/C28H34ClN3O3/c1-31(2)13-12-30-21-16-32-24-14-19(28(33)34)8-10-22(24)26(18-6-4-3-5-7-18)27(32)23-11-9-20(29)15-25(23)35-17-21/h8-11,14-15,18,21,30H,3-7,12-13,16-17H2,1-2H3,(H,33,34). The van der Waals surface area contributed by atoms with Crippen LogP contribution in [0.15, 0.2) is 36.4 Å². The van der Waals surface area contributed by atoms with Crippen LogP contribution in [0.5, 0.6) is 5.75 Å². The molecule has 2 heterocycles. The summed E-state index contributed by atoms with van der Waals surface area (Å²) in [5.74, 6) is 0.334. The third-order valence-electron chi connectivity index (χ3n) is 7.40. The van der Waals surface area contributed by atoms with Crippen molar-refractivity contribution in [3.63, 3.8) is 0 Å². The predicted octanol–water partition coefficient (Wildman–Crippen LogP) is 5.62. The van der Waals surface area contributed by atoms with Gasteiger partial charge in [0.25, 0.3) is 0 Å². The number of benzene rings is 2. The lowest BCUT2D eigenvalue weighted by Crippen LogP contribution is -2.42. The molecule has 1 atom stereocenters. The van der Waals surface area contributed by atoms with Gasteiger partial charge in [-0.15, -0.1) is 0 Å². The summed E-state index contributed by atoms with van der Waals surface area (Å²) in [6, 6.07) is 11.6. The van der Waals surface area contributed by atoms with Gasteiger partial charge in [0.2, 0.25) is 0 Å². The van der Waals surface area contributed by atoms with Gasteiger partial charge in [-0.25, -0.2) is 4.79 Å². The zero-order chi connectivity index (χ0) is 24.5. The molecule has 0 bridgehead atoms. The van der Waals surface area contributed by atoms with Crippen molar-refractivity contribution in [2.45, 2.75) is 50.6 Å². The quantitative estimate of drug-likeness (QED) is 0.464. The molecule has 2 aromatic carbocycles. The van der Waals surface area contributed by atoms with Crippen LogP contribution in [-0.4, -0.2) is 60.4 Å². The summed E-state index contributed by atoms with van der Waals surface area (Å²) in [4.78, 5) is 14.0. The van der Waals surface area contributed by atoms with Gasteiger partial charge in [-0.05, 0) is 68.8 Å². The predicted molar refractivity (Wildman–Crippen MR) is 141 cm³/mol. The maximum Gasteiger partial charge on any atom is 0.335 e. The summed E-state index contributed by atoms with van der Waals surface area (Å²) in [5, 5.41) is 15.2. The van der Waals surface area contributed by atoms with Gasteiger partial charge < -0.3 is 24.6 Å². The van der Waals surface area contributed by atoms with Gasteiger partial charge in [-0.3, -0.25) is 0 Å². The minimum absolute atomic E-state index is 0.0733. The van der Waals surface area contributed by atoms with Crippen molar-refractivity contribution in [1.29, 1.82) is 0 Å². The van der Waals surface area contributed by atoms with Crippen LogP contribution in [0.25, 0.3) is 22.2 Å². The first-order valence-corrected chi connectivity index (χ1v) is 13.0. The number of nitrogens with zero attached hydrogens (tertiary/aromatic N) is 2. The van der Waals surface area contributed by atoms with E-state index in [1.165, 1.54) is 24.8 Å². The van der Waals surface area contributed by atoms with E-state index in [1.54, 1.807) is 6.07 Å². The molecular weight excluding hydrogens is 462 g/mol. The van der Waals surface area contributed by atoms with Crippen LogP contribution in [0.1, 0.15) is 53.9 Å². The molecule has 1 aromatic heterocycles. The topological polar surface area (TPSA) is 66.7 Å². The number of fused-ring (bicyclic) bond motifs is 5. The van der Waals surface area contributed by atoms with Crippen LogP contribution < -0.4 is 10.1 Å². The molecule has 5 rings (SSSR count). The Morgan fingerprint density at radius 1 is 1.17 bits per heavy atom. The third kappa shape index (κ3) is 4.92. The lowest BCUT2D eigenvalue weighted by Gasteiger charge is -2.29. The number of likely N-dealkylation sites (N-methyl/N-ethyl adjacent to an activating group) is 1. The SMILES string of the molecule is CN(C)CCNC1COc2cc(Cl)ccc2-c2c(C3CCCCC3)c3ccc(C(=O)O)cc3n2C1. The highest BCUT2D eigenvalue weighted by Gasteiger charge is 2.30. The highest BCUT2D eigenvalue weighted by molar-refractivity contribution is 6.30. The Labute approximate surface area is 211 Å². The minimum Gasteiger partial charge on any atom is -0.491 e. The molecular formula is C28H34ClN3O3. The highest BCUT2D eigenvalue weighted by atomic mass is 35.5. The molecule has 3 aromatic rings. The van der Waals surface area contributed by atoms with Gasteiger partial charge in [-0.2, -0.15) is 0 Å². The van der Waals surface area contributed by atoms with Gasteiger partial charge in [0, 0.05) is 41.1 Å². The number of hydrogen-bond donors (Lipinski definition) is 2. The molecule has 0 saturated heterocycles. The average molecular weight is 496 g/mol. The Bertz CT molecular complexity index is 1230. The molecule has 0 spiro atoms. The summed E-state index contributed by atoms with van der Waals surface area (Å²) < 4.78 is 8.71. The average Bonchev–Trinajstić information content (AvgIpc) is 3.14. The fourth-order valence-corrected chi connectivity index (χ4v) is 5.85. The summed E-state index contributed by atoms with van der Waals surface area (Å²) in [6.07, 6.45) is 6.04. The number of rotatable bonds is 6. The van der Waals surface area contributed by atoms with Crippen molar-refractivity contribution in [2.24, 2.45) is 0 Å². The van der Waals surface area contributed by atoms with E-state index in [-0.39, 0.29) is 6.04 Å². The number of ether oxygens (including phenoxy) is 1. The van der Waals surface area contributed by atoms with Crippen LogP contribution in [0.3, 0.4) is 0 Å². The zero-order valence-corrected chi connectivity index (χ0v) is 21.3. The molecule has 0 amide bonds. The Morgan fingerprint density at radius 3 is 2.71 bits per heavy atom. The number of aromatic nitrogens is 1. The molecule has 1 fully saturated rings. The Morgan fingerprint density at radius 2 is 1.97 bits per heavy atom. The smallest absolute Gasteiger partial charge is 0.335 e. The molecule has 2 N–H and O–H groups in total. The number of carbonyl (C=O) groups is 1. The number of carboxylic acid groups (broad SMARTS) is 1. The first kappa shape index (κ1) is 24.2. The molecule has 1 unspecified atom stereocenters. The van der Waals surface area contributed by atoms with Gasteiger partial charge in [0.15, 0.2) is 0 Å². The summed E-state index contributed by atoms with van der Waals surface area (Å²) in [6.45, 7) is 2.98. The van der Waals surface area contributed by atoms with Crippen LogP contribution in [-0.2, 0) is 6.54 Å². The van der Waals surface area contributed by atoms with E-state index in [9.17, 15) is 9.90 Å². The van der Waals surface area contributed by atoms with Crippen LogP contribution in [0.2, 0.25) is 5.02 Å². The molecule has 0 radical (unpaired) electrons. The summed E-state index contributed by atoms with van der Waals surface area (Å²) in [5.41, 5.74) is 4.83. The van der Waals surface area contributed by atoms with E-state index in [4.69, 9.17) is 16.3 Å². The van der Waals surface area contributed by atoms with Gasteiger partial charge >= 0.3 is 5.97 Å². The first-order valence-electron chi connectivity index (χ1n) is 12.6. The van der Waals surface area contributed by atoms with Crippen molar-refractivity contribution >= 4 is 28.5 Å². The first-order chi connectivity index (χ1) is 16.9. The third-order valence-corrected chi connectivity index (χ3v) is 7.63. The van der Waals surface area contributed by atoms with E-state index in [2.05, 4.69) is 34.9 Å². The van der Waals surface area contributed by atoms with E-state index in [0.717, 1.165) is 53.8 Å². The fraction of sp³-hybridized carbons (Fsp3) is 0.464. The number of hydrogen-bond acceptors (Lipinski definition) is 4. The maximum absolute atomic E-state index is 11.9. The Kier molecular flexibility index (Phi) is 7.05. The Hall–Kier alpha value is -2.54. The second-order valence-electron chi connectivity index (χ2n) is 10.2. The lowest BCUT2D eigenvalue weighted by molar-refractivity contribution is 0.0697. The molecule has 186 valence electrons. The maximum atomic E-state index is 11.9. The number of halogens is 1. The normalized spacial score (nSPS) is 18.6. The fourth-order valence-electron chi connectivity index (χ4n) is 5.68. The summed E-state index contributed by atoms with van der Waals surface area (Å²) >= 11 is 6.40. The second-order valence-corrected chi connectivity index (χ2v) is 10.6. The molecule has 1 aliphatic heterocycles. The largest absolute Gasteiger partial charge is 0.491 e. The highest BCUT2D eigenvalue weighted by Crippen LogP contribution is 2.47. The van der Waals surface area contributed by atoms with Crippen LogP contribution in [0.4, 0.5) is 0 Å². The van der Waals surface area contributed by atoms with E-state index in [0.29, 0.717) is 29.7 Å². The van der Waals surface area contributed by atoms with Gasteiger partial charge in [-0.1, -0.05) is 36.9 Å². The summed E-state index contributed by atoms with van der Waals surface area (Å²) in [7, 11) is 4.13. The minimum atomic E-state index is -0.899. The molecule has 35 heavy (non-hydrogen) atoms. The number of aromatic carboxylic acids is 1. The zero-order valence-electron chi connectivity index (χ0n) is 20.5. The van der Waals surface area contributed by atoms with Gasteiger partial charge in [0.1, 0.15) is 12.4 Å².